The lowest BCUT2D eigenvalue weighted by molar-refractivity contribution is 1.01. The molecule has 116 valence electrons. The Balaban J connectivity index is 2.35. The van der Waals surface area contributed by atoms with Gasteiger partial charge in [0.2, 0.25) is 0 Å². The van der Waals surface area contributed by atoms with Crippen molar-refractivity contribution in [3.8, 4) is 0 Å². The van der Waals surface area contributed by atoms with Crippen LogP contribution in [-0.2, 0) is 0 Å². The van der Waals surface area contributed by atoms with Crippen LogP contribution in [0.15, 0.2) is 41.5 Å². The number of benzene rings is 2. The highest BCUT2D eigenvalue weighted by Gasteiger charge is 2.08. The van der Waals surface area contributed by atoms with E-state index >= 15 is 0 Å². The third kappa shape index (κ3) is 3.86. The molecule has 0 aromatic heterocycles. The Bertz CT molecular complexity index is 714. The highest BCUT2D eigenvalue weighted by Crippen LogP contribution is 2.27. The summed E-state index contributed by atoms with van der Waals surface area (Å²) in [6, 6.07) is 11.0. The zero-order valence-corrected chi connectivity index (χ0v) is 14.8. The van der Waals surface area contributed by atoms with Crippen LogP contribution in [0.4, 0.5) is 11.4 Å². The Labute approximate surface area is 145 Å². The minimum atomic E-state index is 0.498. The average Bonchev–Trinajstić information content (AvgIpc) is 2.49. The topological polar surface area (TPSA) is 27.6 Å². The molecular weight excluding hydrogens is 341 g/mol. The first-order chi connectivity index (χ1) is 10.4. The molecule has 0 spiro atoms. The van der Waals surface area contributed by atoms with Crippen molar-refractivity contribution in [3.63, 3.8) is 0 Å². The second kappa shape index (κ2) is 7.23. The zero-order chi connectivity index (χ0) is 16.3. The van der Waals surface area contributed by atoms with E-state index in [4.69, 9.17) is 34.8 Å². The quantitative estimate of drug-likeness (QED) is 0.574. The summed E-state index contributed by atoms with van der Waals surface area (Å²) in [6.45, 7) is 1.93. The molecule has 0 aliphatic heterocycles. The molecule has 3 nitrogen and oxygen atoms in total. The normalized spacial score (nSPS) is 11.5. The lowest BCUT2D eigenvalue weighted by Crippen LogP contribution is -2.13. The molecule has 6 heteroatoms. The van der Waals surface area contributed by atoms with Crippen LogP contribution >= 0.6 is 34.8 Å². The van der Waals surface area contributed by atoms with Crippen LogP contribution in [0.2, 0.25) is 15.1 Å². The summed E-state index contributed by atoms with van der Waals surface area (Å²) < 4.78 is 0. The van der Waals surface area contributed by atoms with Crippen LogP contribution in [0.1, 0.15) is 12.5 Å². The minimum absolute atomic E-state index is 0.498. The molecule has 0 saturated heterocycles. The predicted molar refractivity (Wildman–Crippen MR) is 98.1 cm³/mol. The number of nitrogens with zero attached hydrogens (tertiary/aromatic N) is 2. The monoisotopic (exact) mass is 355 g/mol. The van der Waals surface area contributed by atoms with Gasteiger partial charge in [-0.1, -0.05) is 34.8 Å². The zero-order valence-electron chi connectivity index (χ0n) is 12.5. The average molecular weight is 357 g/mol. The summed E-state index contributed by atoms with van der Waals surface area (Å²) in [5.41, 5.74) is 3.59. The standard InChI is InChI=1S/C16H16Cl3N3/c1-10(13-8-11(17)4-7-16(13)20-2)21-22(3)12-5-6-14(18)15(19)9-12/h4-9,20H,1-3H3/b21-10+. The molecular formula is C16H16Cl3N3. The van der Waals surface area contributed by atoms with Crippen LogP contribution in [-0.4, -0.2) is 19.8 Å². The van der Waals surface area contributed by atoms with Gasteiger partial charge >= 0.3 is 0 Å². The molecule has 0 saturated carbocycles. The third-order valence-corrected chi connectivity index (χ3v) is 4.19. The maximum absolute atomic E-state index is 6.08. The molecule has 2 aromatic carbocycles. The molecule has 22 heavy (non-hydrogen) atoms. The summed E-state index contributed by atoms with van der Waals surface area (Å²) in [5, 5.41) is 11.2. The Morgan fingerprint density at radius 3 is 2.41 bits per heavy atom. The fraction of sp³-hybridized carbons (Fsp3) is 0.188. The molecule has 0 aliphatic rings. The third-order valence-electron chi connectivity index (χ3n) is 3.22. The van der Waals surface area contributed by atoms with Crippen molar-refractivity contribution in [3.05, 3.63) is 57.0 Å². The van der Waals surface area contributed by atoms with E-state index in [9.17, 15) is 0 Å². The van der Waals surface area contributed by atoms with Crippen molar-refractivity contribution in [1.82, 2.24) is 0 Å². The van der Waals surface area contributed by atoms with Crippen LogP contribution in [0, 0.1) is 0 Å². The van der Waals surface area contributed by atoms with Crippen molar-refractivity contribution < 1.29 is 0 Å². The van der Waals surface area contributed by atoms with Gasteiger partial charge in [-0.25, -0.2) is 0 Å². The van der Waals surface area contributed by atoms with E-state index in [1.807, 2.05) is 45.3 Å². The van der Waals surface area contributed by atoms with E-state index in [1.54, 1.807) is 17.1 Å². The van der Waals surface area contributed by atoms with Gasteiger partial charge in [-0.3, -0.25) is 5.01 Å². The Morgan fingerprint density at radius 2 is 1.77 bits per heavy atom. The van der Waals surface area contributed by atoms with E-state index in [1.165, 1.54) is 0 Å². The summed E-state index contributed by atoms with van der Waals surface area (Å²) in [5.74, 6) is 0. The summed E-state index contributed by atoms with van der Waals surface area (Å²) in [6.07, 6.45) is 0. The number of hydrogen-bond donors (Lipinski definition) is 1. The van der Waals surface area contributed by atoms with E-state index in [2.05, 4.69) is 10.4 Å². The van der Waals surface area contributed by atoms with E-state index < -0.39 is 0 Å². The first-order valence-electron chi connectivity index (χ1n) is 6.64. The van der Waals surface area contributed by atoms with E-state index in [-0.39, 0.29) is 0 Å². The summed E-state index contributed by atoms with van der Waals surface area (Å²) in [4.78, 5) is 0. The maximum atomic E-state index is 6.08. The van der Waals surface area contributed by atoms with Crippen molar-refractivity contribution >= 4 is 51.9 Å². The lowest BCUT2D eigenvalue weighted by atomic mass is 10.1. The van der Waals surface area contributed by atoms with Gasteiger partial charge in [0.15, 0.2) is 0 Å². The van der Waals surface area contributed by atoms with Crippen LogP contribution in [0.3, 0.4) is 0 Å². The molecule has 0 aliphatic carbocycles. The molecule has 0 fully saturated rings. The highest BCUT2D eigenvalue weighted by molar-refractivity contribution is 6.42. The molecule has 1 N–H and O–H groups in total. The molecule has 0 atom stereocenters. The number of hydrogen-bond acceptors (Lipinski definition) is 3. The second-order valence-electron chi connectivity index (χ2n) is 4.75. The fourth-order valence-corrected chi connectivity index (χ4v) is 2.52. The molecule has 0 unspecified atom stereocenters. The van der Waals surface area contributed by atoms with Gasteiger partial charge in [0.25, 0.3) is 0 Å². The molecule has 0 bridgehead atoms. The minimum Gasteiger partial charge on any atom is -0.388 e. The largest absolute Gasteiger partial charge is 0.388 e. The van der Waals surface area contributed by atoms with Gasteiger partial charge in [0, 0.05) is 30.4 Å². The van der Waals surface area contributed by atoms with E-state index in [0.29, 0.717) is 15.1 Å². The fourth-order valence-electron chi connectivity index (χ4n) is 2.06. The van der Waals surface area contributed by atoms with Gasteiger partial charge in [-0.15, -0.1) is 0 Å². The van der Waals surface area contributed by atoms with Crippen molar-refractivity contribution in [2.75, 3.05) is 24.4 Å². The van der Waals surface area contributed by atoms with Gasteiger partial charge in [0.1, 0.15) is 0 Å². The molecule has 2 rings (SSSR count). The molecule has 0 radical (unpaired) electrons. The number of rotatable bonds is 4. The SMILES string of the molecule is CNc1ccc(Cl)cc1/C(C)=N/N(C)c1ccc(Cl)c(Cl)c1. The Hall–Kier alpha value is -1.42. The molecule has 0 amide bonds. The first-order valence-corrected chi connectivity index (χ1v) is 7.77. The number of anilines is 2. The van der Waals surface area contributed by atoms with Gasteiger partial charge in [0.05, 0.1) is 21.4 Å². The smallest absolute Gasteiger partial charge is 0.0672 e. The maximum Gasteiger partial charge on any atom is 0.0672 e. The number of hydrazone groups is 1. The lowest BCUT2D eigenvalue weighted by Gasteiger charge is -2.16. The predicted octanol–water partition coefficient (Wildman–Crippen LogP) is 5.55. The van der Waals surface area contributed by atoms with E-state index in [0.717, 1.165) is 22.6 Å². The van der Waals surface area contributed by atoms with Crippen molar-refractivity contribution in [2.24, 2.45) is 5.10 Å². The van der Waals surface area contributed by atoms with Crippen LogP contribution in [0.5, 0.6) is 0 Å². The number of halogens is 3. The molecule has 0 heterocycles. The van der Waals surface area contributed by atoms with Gasteiger partial charge in [-0.2, -0.15) is 5.10 Å². The van der Waals surface area contributed by atoms with Gasteiger partial charge < -0.3 is 5.32 Å². The van der Waals surface area contributed by atoms with Crippen LogP contribution in [0.25, 0.3) is 0 Å². The first kappa shape index (κ1) is 16.9. The number of nitrogens with one attached hydrogen (secondary N) is 1. The second-order valence-corrected chi connectivity index (χ2v) is 6.00. The summed E-state index contributed by atoms with van der Waals surface area (Å²) >= 11 is 18.1. The van der Waals surface area contributed by atoms with Crippen molar-refractivity contribution in [1.29, 1.82) is 0 Å². The summed E-state index contributed by atoms with van der Waals surface area (Å²) in [7, 11) is 3.72. The Kier molecular flexibility index (Phi) is 5.57. The Morgan fingerprint density at radius 1 is 1.05 bits per heavy atom. The van der Waals surface area contributed by atoms with Gasteiger partial charge in [-0.05, 0) is 43.3 Å². The highest BCUT2D eigenvalue weighted by atomic mass is 35.5. The van der Waals surface area contributed by atoms with Crippen LogP contribution < -0.4 is 10.3 Å². The van der Waals surface area contributed by atoms with Crippen molar-refractivity contribution in [2.45, 2.75) is 6.92 Å². The molecule has 2 aromatic rings.